The van der Waals surface area contributed by atoms with Crippen LogP contribution in [0, 0.1) is 11.2 Å². The molecule has 3 aromatic rings. The molecular formula is C29H29Cl2FIN3O4S. The summed E-state index contributed by atoms with van der Waals surface area (Å²) in [6.07, 6.45) is 2.66. The summed E-state index contributed by atoms with van der Waals surface area (Å²) < 4.78 is 41.4. The summed E-state index contributed by atoms with van der Waals surface area (Å²) in [5.41, 5.74) is 1.70. The second kappa shape index (κ2) is 12.0. The van der Waals surface area contributed by atoms with Gasteiger partial charge in [0.1, 0.15) is 9.93 Å². The molecule has 0 aromatic heterocycles. The number of likely N-dealkylation sites (tertiary alicyclic amines) is 1. The highest BCUT2D eigenvalue weighted by Crippen LogP contribution is 2.50. The van der Waals surface area contributed by atoms with Gasteiger partial charge in [-0.2, -0.15) is 0 Å². The van der Waals surface area contributed by atoms with Gasteiger partial charge in [0.2, 0.25) is 10.0 Å². The molecule has 0 spiro atoms. The van der Waals surface area contributed by atoms with Gasteiger partial charge in [-0.1, -0.05) is 70.1 Å². The largest absolute Gasteiger partial charge is 0.382 e. The van der Waals surface area contributed by atoms with Gasteiger partial charge < -0.3 is 10.4 Å². The van der Waals surface area contributed by atoms with Crippen molar-refractivity contribution in [2.75, 3.05) is 30.2 Å². The molecule has 1 aliphatic carbocycles. The van der Waals surface area contributed by atoms with E-state index >= 15 is 0 Å². The number of amides is 1. The maximum absolute atomic E-state index is 14.8. The van der Waals surface area contributed by atoms with Crippen molar-refractivity contribution in [1.82, 2.24) is 10.2 Å². The monoisotopic (exact) mass is 731 g/mol. The number of anilines is 1. The number of alkyl halides is 1. The molecule has 218 valence electrons. The van der Waals surface area contributed by atoms with E-state index in [1.165, 1.54) is 10.4 Å². The Kier molecular flexibility index (Phi) is 8.90. The Morgan fingerprint density at radius 1 is 1.07 bits per heavy atom. The molecule has 7 nitrogen and oxygen atoms in total. The van der Waals surface area contributed by atoms with Crippen LogP contribution >= 0.6 is 45.8 Å². The van der Waals surface area contributed by atoms with Crippen LogP contribution in [-0.2, 0) is 10.0 Å². The Morgan fingerprint density at radius 3 is 2.07 bits per heavy atom. The Labute approximate surface area is 262 Å². The predicted molar refractivity (Wildman–Crippen MR) is 168 cm³/mol. The first-order valence-electron chi connectivity index (χ1n) is 13.0. The van der Waals surface area contributed by atoms with E-state index in [4.69, 9.17) is 23.2 Å². The quantitative estimate of drug-likeness (QED) is 0.208. The number of benzene rings is 3. The third kappa shape index (κ3) is 6.83. The Bertz CT molecular complexity index is 1490. The van der Waals surface area contributed by atoms with Gasteiger partial charge in [-0.25, -0.2) is 12.8 Å². The fourth-order valence-electron chi connectivity index (χ4n) is 5.27. The Morgan fingerprint density at radius 2 is 1.61 bits per heavy atom. The third-order valence-corrected chi connectivity index (χ3v) is 10.8. The number of halogens is 4. The first kappa shape index (κ1) is 30.5. The van der Waals surface area contributed by atoms with E-state index in [0.29, 0.717) is 23.1 Å². The van der Waals surface area contributed by atoms with Crippen molar-refractivity contribution in [3.8, 4) is 0 Å². The Hall–Kier alpha value is -1.96. The fraction of sp³-hybridized carbons (Fsp3) is 0.345. The van der Waals surface area contributed by atoms with Gasteiger partial charge in [0.25, 0.3) is 5.91 Å². The average molecular weight is 732 g/mol. The molecule has 1 saturated carbocycles. The summed E-state index contributed by atoms with van der Waals surface area (Å²) in [6.45, 7) is 1.00. The first-order valence-corrected chi connectivity index (χ1v) is 16.9. The number of nitrogens with zero attached hydrogens (tertiary/aromatic N) is 2. The van der Waals surface area contributed by atoms with Crippen molar-refractivity contribution in [1.29, 1.82) is 0 Å². The van der Waals surface area contributed by atoms with Crippen LogP contribution in [0.5, 0.6) is 0 Å². The zero-order chi connectivity index (χ0) is 29.5. The molecule has 12 heteroatoms. The van der Waals surface area contributed by atoms with Crippen LogP contribution in [0.15, 0.2) is 66.7 Å². The number of aliphatic hydroxyl groups excluding tert-OH is 1. The molecular weight excluding hydrogens is 703 g/mol. The van der Waals surface area contributed by atoms with E-state index in [9.17, 15) is 22.7 Å². The lowest BCUT2D eigenvalue weighted by Crippen LogP contribution is -2.61. The zero-order valence-corrected chi connectivity index (χ0v) is 26.6. The highest BCUT2D eigenvalue weighted by molar-refractivity contribution is 14.1. The summed E-state index contributed by atoms with van der Waals surface area (Å²) >= 11 is 14.2. The zero-order valence-electron chi connectivity index (χ0n) is 22.1. The summed E-state index contributed by atoms with van der Waals surface area (Å²) in [7, 11) is -3.82. The molecule has 1 atom stereocenters. The number of sulfonamides is 1. The first-order chi connectivity index (χ1) is 19.4. The summed E-state index contributed by atoms with van der Waals surface area (Å²) in [4.78, 5) is 15.0. The number of aliphatic hydroxyl groups is 1. The van der Waals surface area contributed by atoms with E-state index in [-0.39, 0.29) is 29.3 Å². The normalized spacial score (nSPS) is 17.6. The maximum Gasteiger partial charge on any atom is 0.251 e. The number of hydrogen-bond donors (Lipinski definition) is 2. The molecule has 2 aliphatic rings. The van der Waals surface area contributed by atoms with Gasteiger partial charge in [-0.15, -0.1) is 0 Å². The van der Waals surface area contributed by atoms with E-state index in [1.54, 1.807) is 0 Å². The summed E-state index contributed by atoms with van der Waals surface area (Å²) in [6, 6.07) is 17.9. The lowest BCUT2D eigenvalue weighted by Gasteiger charge is -2.48. The minimum absolute atomic E-state index is 0.0174. The second-order valence-electron chi connectivity index (χ2n) is 10.8. The second-order valence-corrected chi connectivity index (χ2v) is 14.7. The summed E-state index contributed by atoms with van der Waals surface area (Å²) in [5, 5.41) is 14.0. The summed E-state index contributed by atoms with van der Waals surface area (Å²) in [5.74, 6) is -1.24. The van der Waals surface area contributed by atoms with Crippen molar-refractivity contribution in [3.05, 3.63) is 99.3 Å². The van der Waals surface area contributed by atoms with Crippen LogP contribution in [0.25, 0.3) is 0 Å². The molecule has 0 radical (unpaired) electrons. The van der Waals surface area contributed by atoms with Gasteiger partial charge in [-0.3, -0.25) is 14.0 Å². The molecule has 1 amide bonds. The third-order valence-electron chi connectivity index (χ3n) is 7.71. The topological polar surface area (TPSA) is 90.0 Å². The number of rotatable bonds is 10. The lowest BCUT2D eigenvalue weighted by molar-refractivity contribution is 0.0931. The van der Waals surface area contributed by atoms with Crippen molar-refractivity contribution < 1.29 is 22.7 Å². The van der Waals surface area contributed by atoms with E-state index in [1.807, 2.05) is 71.1 Å². The molecule has 2 fully saturated rings. The van der Waals surface area contributed by atoms with Gasteiger partial charge in [0, 0.05) is 40.7 Å². The van der Waals surface area contributed by atoms with Crippen LogP contribution < -0.4 is 9.62 Å². The van der Waals surface area contributed by atoms with Crippen molar-refractivity contribution in [3.63, 3.8) is 0 Å². The van der Waals surface area contributed by atoms with Gasteiger partial charge in [-0.05, 0) is 66.4 Å². The number of nitrogens with one attached hydrogen (secondary N) is 1. The van der Waals surface area contributed by atoms with Gasteiger partial charge in [0.05, 0.1) is 24.0 Å². The highest BCUT2D eigenvalue weighted by atomic mass is 127. The molecule has 5 rings (SSSR count). The standard InChI is InChI=1S/C29H29Cl2FIN3O4S/c1-41(39,40)36(24-13-20(12-23(32)14-24)27(37)34-17-29(10-11-29)28(33)38)25-15-35(16-25)26(18-2-6-21(30)7-3-18)19-4-8-22(31)9-5-19/h2-9,12-14,25-26,28,38H,10-11,15-17H2,1H3,(H,34,37). The fourth-order valence-corrected chi connectivity index (χ4v) is 7.53. The van der Waals surface area contributed by atoms with Crippen molar-refractivity contribution >= 4 is 67.4 Å². The Balaban J connectivity index is 1.38. The molecule has 1 aliphatic heterocycles. The highest BCUT2D eigenvalue weighted by Gasteiger charge is 2.48. The minimum Gasteiger partial charge on any atom is -0.382 e. The van der Waals surface area contributed by atoms with Crippen LogP contribution in [0.1, 0.15) is 40.4 Å². The van der Waals surface area contributed by atoms with Gasteiger partial charge in [0.15, 0.2) is 0 Å². The number of carbonyl (C=O) groups excluding carboxylic acids is 1. The maximum atomic E-state index is 14.8. The molecule has 1 unspecified atom stereocenters. The van der Waals surface area contributed by atoms with Crippen LogP contribution in [0.4, 0.5) is 10.1 Å². The lowest BCUT2D eigenvalue weighted by atomic mass is 9.93. The molecule has 41 heavy (non-hydrogen) atoms. The minimum atomic E-state index is -3.82. The SMILES string of the molecule is CS(=O)(=O)N(c1cc(F)cc(C(=O)NCC2(C(O)I)CC2)c1)C1CN(C(c2ccc(Cl)cc2)c2ccc(Cl)cc2)C1. The molecule has 1 heterocycles. The predicted octanol–water partition coefficient (Wildman–Crippen LogP) is 5.64. The molecule has 3 aromatic carbocycles. The van der Waals surface area contributed by atoms with Gasteiger partial charge >= 0.3 is 0 Å². The average Bonchev–Trinajstić information content (AvgIpc) is 3.68. The van der Waals surface area contributed by atoms with E-state index in [2.05, 4.69) is 10.2 Å². The molecule has 2 N–H and O–H groups in total. The number of carbonyl (C=O) groups is 1. The van der Waals surface area contributed by atoms with E-state index in [0.717, 1.165) is 42.4 Å². The smallest absolute Gasteiger partial charge is 0.251 e. The van der Waals surface area contributed by atoms with Crippen molar-refractivity contribution in [2.45, 2.75) is 29.0 Å². The molecule has 0 bridgehead atoms. The van der Waals surface area contributed by atoms with Crippen LogP contribution in [0.2, 0.25) is 10.0 Å². The van der Waals surface area contributed by atoms with Crippen LogP contribution in [-0.4, -0.2) is 60.4 Å². The molecule has 1 saturated heterocycles. The van der Waals surface area contributed by atoms with Crippen LogP contribution in [0.3, 0.4) is 0 Å². The number of hydrogen-bond acceptors (Lipinski definition) is 5. The van der Waals surface area contributed by atoms with Crippen molar-refractivity contribution in [2.24, 2.45) is 5.41 Å². The van der Waals surface area contributed by atoms with E-state index < -0.39 is 31.9 Å².